The molecule has 2 aromatic carbocycles. The van der Waals surface area contributed by atoms with Gasteiger partial charge in [-0.25, -0.2) is 4.79 Å². The van der Waals surface area contributed by atoms with Crippen LogP contribution in [0.1, 0.15) is 46.6 Å². The highest BCUT2D eigenvalue weighted by Crippen LogP contribution is 2.39. The molecule has 3 heterocycles. The molecule has 0 amide bonds. The third kappa shape index (κ3) is 9.89. The number of H-pyrrole nitrogens is 1. The highest BCUT2D eigenvalue weighted by atomic mass is 32.1. The van der Waals surface area contributed by atoms with E-state index in [1.807, 2.05) is 72.5 Å². The number of phenols is 1. The Morgan fingerprint density at radius 2 is 1.79 bits per heavy atom. The minimum absolute atomic E-state index is 0.0966. The van der Waals surface area contributed by atoms with Crippen molar-refractivity contribution in [3.8, 4) is 11.5 Å². The standard InChI is InChI=1S/C37H41N3O6S3.CH2O2/c1-40(20-17-30(26-6-2-7-26)46-35(42)37(44,31-8-3-22-47-31)32-9-4-23-48-32)19-5-21-45-28-13-10-25(11-14-28)24-38-18-16-27-12-15-29(41)33-34(27)49-36(43)39-33;2-1-3/h3-4,8-15,17,20,22-23,26,30,38,41,44H,2,5-7,16,18-19,21,24H2,1H3,(H,39,43);1H,(H,2,3)/b20-17+;. The Bertz CT molecular complexity index is 1900. The number of phenolic OH excluding ortho intramolecular Hbond substituents is 1. The quantitative estimate of drug-likeness (QED) is 0.0412. The second-order valence-electron chi connectivity index (χ2n) is 12.4. The van der Waals surface area contributed by atoms with Gasteiger partial charge in [-0.15, -0.1) is 22.7 Å². The number of carbonyl (C=O) groups is 2. The van der Waals surface area contributed by atoms with Crippen LogP contribution >= 0.6 is 34.0 Å². The third-order valence-electron chi connectivity index (χ3n) is 8.83. The number of nitrogens with one attached hydrogen (secondary N) is 2. The van der Waals surface area contributed by atoms with E-state index in [0.29, 0.717) is 28.4 Å². The molecule has 6 rings (SSSR count). The molecule has 0 bridgehead atoms. The van der Waals surface area contributed by atoms with Gasteiger partial charge in [0.2, 0.25) is 5.60 Å². The maximum absolute atomic E-state index is 13.6. The summed E-state index contributed by atoms with van der Waals surface area (Å²) in [6.07, 6.45) is 8.17. The molecule has 0 aliphatic heterocycles. The Labute approximate surface area is 313 Å². The van der Waals surface area contributed by atoms with E-state index < -0.39 is 17.7 Å². The van der Waals surface area contributed by atoms with Crippen LogP contribution in [0.5, 0.6) is 11.5 Å². The van der Waals surface area contributed by atoms with Crippen molar-refractivity contribution in [3.63, 3.8) is 0 Å². The van der Waals surface area contributed by atoms with Crippen molar-refractivity contribution in [2.24, 2.45) is 5.92 Å². The first-order valence-corrected chi connectivity index (χ1v) is 19.5. The number of rotatable bonds is 17. The average Bonchev–Trinajstić information content (AvgIpc) is 3.92. The van der Waals surface area contributed by atoms with Crippen molar-refractivity contribution in [3.05, 3.63) is 114 Å². The second kappa shape index (κ2) is 18.9. The lowest BCUT2D eigenvalue weighted by molar-refractivity contribution is -0.168. The molecule has 1 aliphatic rings. The van der Waals surface area contributed by atoms with Crippen molar-refractivity contribution in [2.75, 3.05) is 26.7 Å². The number of aromatic amines is 1. The van der Waals surface area contributed by atoms with Gasteiger partial charge in [0.25, 0.3) is 6.47 Å². The van der Waals surface area contributed by atoms with Gasteiger partial charge in [0.1, 0.15) is 23.1 Å². The minimum atomic E-state index is -1.81. The van der Waals surface area contributed by atoms with Gasteiger partial charge in [-0.2, -0.15) is 0 Å². The first-order chi connectivity index (χ1) is 25.2. The molecule has 0 saturated heterocycles. The molecule has 0 radical (unpaired) electrons. The number of carboxylic acid groups (broad SMARTS) is 1. The van der Waals surface area contributed by atoms with Gasteiger partial charge in [0.15, 0.2) is 0 Å². The molecular formula is C38H43N3O8S3. The number of hydrogen-bond acceptors (Lipinski definition) is 12. The molecule has 0 spiro atoms. The van der Waals surface area contributed by atoms with Gasteiger partial charge < -0.3 is 40.0 Å². The van der Waals surface area contributed by atoms with Gasteiger partial charge >= 0.3 is 10.8 Å². The molecule has 5 N–H and O–H groups in total. The van der Waals surface area contributed by atoms with Gasteiger partial charge in [-0.1, -0.05) is 48.1 Å². The minimum Gasteiger partial charge on any atom is -0.506 e. The van der Waals surface area contributed by atoms with Crippen molar-refractivity contribution in [2.45, 2.75) is 50.4 Å². The fourth-order valence-electron chi connectivity index (χ4n) is 5.80. The molecule has 11 nitrogen and oxygen atoms in total. The maximum atomic E-state index is 13.6. The first-order valence-electron chi connectivity index (χ1n) is 17.0. The molecule has 1 unspecified atom stereocenters. The number of ether oxygens (including phenoxy) is 2. The summed E-state index contributed by atoms with van der Waals surface area (Å²) >= 11 is 3.82. The molecule has 276 valence electrons. The molecule has 1 fully saturated rings. The van der Waals surface area contributed by atoms with Crippen LogP contribution in [0.25, 0.3) is 10.2 Å². The summed E-state index contributed by atoms with van der Waals surface area (Å²) in [5.41, 5.74) is 0.871. The summed E-state index contributed by atoms with van der Waals surface area (Å²) in [4.78, 5) is 39.4. The van der Waals surface area contributed by atoms with Crippen LogP contribution in [0.2, 0.25) is 0 Å². The maximum Gasteiger partial charge on any atom is 0.350 e. The summed E-state index contributed by atoms with van der Waals surface area (Å²) in [6, 6.07) is 18.8. The number of aliphatic hydroxyl groups is 1. The monoisotopic (exact) mass is 765 g/mol. The Morgan fingerprint density at radius 3 is 2.40 bits per heavy atom. The zero-order valence-electron chi connectivity index (χ0n) is 28.7. The van der Waals surface area contributed by atoms with E-state index in [4.69, 9.17) is 19.4 Å². The lowest BCUT2D eigenvalue weighted by Gasteiger charge is -2.34. The van der Waals surface area contributed by atoms with E-state index in [1.54, 1.807) is 18.2 Å². The average molecular weight is 766 g/mol. The van der Waals surface area contributed by atoms with Crippen LogP contribution in [-0.4, -0.2) is 70.5 Å². The van der Waals surface area contributed by atoms with Gasteiger partial charge in [0.05, 0.1) is 21.1 Å². The van der Waals surface area contributed by atoms with E-state index in [9.17, 15) is 19.8 Å². The summed E-state index contributed by atoms with van der Waals surface area (Å²) in [5, 5.41) is 35.7. The Hall–Kier alpha value is -4.47. The number of fused-ring (bicyclic) bond motifs is 1. The highest BCUT2D eigenvalue weighted by Gasteiger charge is 2.45. The van der Waals surface area contributed by atoms with Crippen LogP contribution in [0.3, 0.4) is 0 Å². The number of aromatic nitrogens is 1. The van der Waals surface area contributed by atoms with Gasteiger partial charge in [-0.3, -0.25) is 9.59 Å². The zero-order valence-corrected chi connectivity index (χ0v) is 31.2. The number of benzene rings is 2. The topological polar surface area (TPSA) is 161 Å². The van der Waals surface area contributed by atoms with Crippen LogP contribution in [0.15, 0.2) is 88.5 Å². The van der Waals surface area contributed by atoms with Gasteiger partial charge in [-0.05, 0) is 103 Å². The SMILES string of the molecule is CN(/C=C/C(OC(=O)C(O)(c1cccs1)c1cccs1)C1CCC1)CCCOc1ccc(CNCCc2ccc(O)c3[nH]c(=O)sc23)cc1.O=CO. The van der Waals surface area contributed by atoms with E-state index in [0.717, 1.165) is 78.1 Å². The predicted octanol–water partition coefficient (Wildman–Crippen LogP) is 6.31. The largest absolute Gasteiger partial charge is 0.506 e. The van der Waals surface area contributed by atoms with Gasteiger partial charge in [0, 0.05) is 20.1 Å². The second-order valence-corrected chi connectivity index (χ2v) is 15.3. The van der Waals surface area contributed by atoms with E-state index in [2.05, 4.69) is 15.2 Å². The van der Waals surface area contributed by atoms with E-state index in [1.165, 1.54) is 22.7 Å². The molecule has 14 heteroatoms. The van der Waals surface area contributed by atoms with Crippen LogP contribution in [-0.2, 0) is 32.9 Å². The van der Waals surface area contributed by atoms with Crippen molar-refractivity contribution < 1.29 is 34.4 Å². The zero-order chi connectivity index (χ0) is 36.9. The fourth-order valence-corrected chi connectivity index (χ4v) is 8.41. The summed E-state index contributed by atoms with van der Waals surface area (Å²) < 4.78 is 12.8. The van der Waals surface area contributed by atoms with Crippen molar-refractivity contribution in [1.82, 2.24) is 15.2 Å². The Kier molecular flexibility index (Phi) is 14.0. The summed E-state index contributed by atoms with van der Waals surface area (Å²) in [5.74, 6) is 0.523. The molecule has 3 aromatic heterocycles. The molecule has 5 aromatic rings. The molecular weight excluding hydrogens is 723 g/mol. The lowest BCUT2D eigenvalue weighted by atomic mass is 9.81. The summed E-state index contributed by atoms with van der Waals surface area (Å²) in [6.45, 7) is 2.53. The fraction of sp³-hybridized carbons (Fsp3) is 0.342. The lowest BCUT2D eigenvalue weighted by Crippen LogP contribution is -2.41. The number of nitrogens with zero attached hydrogens (tertiary/aromatic N) is 1. The number of hydrogen-bond donors (Lipinski definition) is 5. The number of carbonyl (C=O) groups excluding carboxylic acids is 1. The number of aromatic hydroxyl groups is 1. The smallest absolute Gasteiger partial charge is 0.350 e. The third-order valence-corrected chi connectivity index (χ3v) is 11.7. The number of esters is 1. The Balaban J connectivity index is 0.00000168. The molecule has 52 heavy (non-hydrogen) atoms. The Morgan fingerprint density at radius 1 is 1.10 bits per heavy atom. The van der Waals surface area contributed by atoms with E-state index in [-0.39, 0.29) is 23.0 Å². The molecule has 1 saturated carbocycles. The molecule has 1 aliphatic carbocycles. The van der Waals surface area contributed by atoms with Crippen molar-refractivity contribution in [1.29, 1.82) is 0 Å². The number of thiophene rings is 2. The summed E-state index contributed by atoms with van der Waals surface area (Å²) in [7, 11) is 2.00. The highest BCUT2D eigenvalue weighted by molar-refractivity contribution is 7.16. The van der Waals surface area contributed by atoms with E-state index >= 15 is 0 Å². The van der Waals surface area contributed by atoms with Crippen molar-refractivity contribution >= 4 is 56.7 Å². The predicted molar refractivity (Wildman–Crippen MR) is 205 cm³/mol. The van der Waals surface area contributed by atoms with Crippen LogP contribution in [0.4, 0.5) is 0 Å². The first kappa shape index (κ1) is 38.8. The van der Waals surface area contributed by atoms with Crippen LogP contribution < -0.4 is 14.9 Å². The molecule has 1 atom stereocenters. The normalized spacial score (nSPS) is 13.7. The number of thiazole rings is 1. The van der Waals surface area contributed by atoms with Crippen LogP contribution in [0, 0.1) is 5.92 Å².